The van der Waals surface area contributed by atoms with Crippen molar-refractivity contribution in [2.24, 2.45) is 0 Å². The van der Waals surface area contributed by atoms with Crippen LogP contribution in [-0.2, 0) is 0 Å². The molecule has 0 spiro atoms. The van der Waals surface area contributed by atoms with E-state index in [1.54, 1.807) is 0 Å². The van der Waals surface area contributed by atoms with Crippen molar-refractivity contribution in [3.8, 4) is 0 Å². The molecular formula is C18H17ClO. The highest BCUT2D eigenvalue weighted by Crippen LogP contribution is 2.25. The van der Waals surface area contributed by atoms with Crippen LogP contribution in [0.1, 0.15) is 18.1 Å². The first-order valence-electron chi connectivity index (χ1n) is 6.44. The Morgan fingerprint density at radius 3 is 2.25 bits per heavy atom. The summed E-state index contributed by atoms with van der Waals surface area (Å²) < 4.78 is 0. The Kier molecular flexibility index (Phi) is 4.78. The lowest BCUT2D eigenvalue weighted by atomic mass is 9.94. The molecule has 2 heteroatoms. The number of hydrogen-bond acceptors (Lipinski definition) is 1. The Bertz CT molecular complexity index is 612. The SMILES string of the molecule is C=C(C)C(O)C(=Cc1ccc(Cl)cc1)c1ccccc1. The number of hydrogen-bond donors (Lipinski definition) is 1. The van der Waals surface area contributed by atoms with E-state index in [1.165, 1.54) is 0 Å². The Hall–Kier alpha value is -1.83. The van der Waals surface area contributed by atoms with Gasteiger partial charge < -0.3 is 5.11 Å². The lowest BCUT2D eigenvalue weighted by molar-refractivity contribution is 0.269. The van der Waals surface area contributed by atoms with Crippen molar-refractivity contribution < 1.29 is 5.11 Å². The molecule has 0 fully saturated rings. The second-order valence-corrected chi connectivity index (χ2v) is 5.20. The van der Waals surface area contributed by atoms with Crippen molar-refractivity contribution in [3.63, 3.8) is 0 Å². The molecule has 2 aromatic rings. The van der Waals surface area contributed by atoms with Gasteiger partial charge in [-0.2, -0.15) is 0 Å². The molecule has 1 unspecified atom stereocenters. The summed E-state index contributed by atoms with van der Waals surface area (Å²) in [6.07, 6.45) is 1.28. The molecule has 0 saturated carbocycles. The van der Waals surface area contributed by atoms with E-state index < -0.39 is 6.10 Å². The Morgan fingerprint density at radius 2 is 1.70 bits per heavy atom. The van der Waals surface area contributed by atoms with Crippen LogP contribution in [0.2, 0.25) is 5.02 Å². The van der Waals surface area contributed by atoms with Crippen LogP contribution >= 0.6 is 11.6 Å². The van der Waals surface area contributed by atoms with Gasteiger partial charge in [0.2, 0.25) is 0 Å². The fourth-order valence-electron chi connectivity index (χ4n) is 1.95. The molecule has 0 aromatic heterocycles. The van der Waals surface area contributed by atoms with E-state index in [9.17, 15) is 5.11 Å². The third-order valence-corrected chi connectivity index (χ3v) is 3.31. The summed E-state index contributed by atoms with van der Waals surface area (Å²) in [6.45, 7) is 5.67. The monoisotopic (exact) mass is 284 g/mol. The summed E-state index contributed by atoms with van der Waals surface area (Å²) in [6, 6.07) is 17.4. The first kappa shape index (κ1) is 14.6. The largest absolute Gasteiger partial charge is 0.384 e. The molecule has 0 heterocycles. The van der Waals surface area contributed by atoms with E-state index in [0.29, 0.717) is 10.6 Å². The smallest absolute Gasteiger partial charge is 0.100 e. The van der Waals surface area contributed by atoms with Gasteiger partial charge in [0.05, 0.1) is 0 Å². The molecule has 0 aliphatic rings. The van der Waals surface area contributed by atoms with Gasteiger partial charge in [0.25, 0.3) is 0 Å². The van der Waals surface area contributed by atoms with E-state index in [1.807, 2.05) is 67.6 Å². The van der Waals surface area contributed by atoms with Gasteiger partial charge in [0.1, 0.15) is 6.10 Å². The number of halogens is 1. The molecule has 0 aliphatic carbocycles. The van der Waals surface area contributed by atoms with Gasteiger partial charge in [-0.05, 0) is 47.4 Å². The van der Waals surface area contributed by atoms with Crippen molar-refractivity contribution in [2.45, 2.75) is 13.0 Å². The maximum atomic E-state index is 10.4. The summed E-state index contributed by atoms with van der Waals surface area (Å²) in [5.41, 5.74) is 3.53. The van der Waals surface area contributed by atoms with E-state index in [2.05, 4.69) is 6.58 Å². The van der Waals surface area contributed by atoms with Crippen molar-refractivity contribution in [1.82, 2.24) is 0 Å². The van der Waals surface area contributed by atoms with Crippen LogP contribution in [0, 0.1) is 0 Å². The molecule has 0 radical (unpaired) electrons. The van der Waals surface area contributed by atoms with Crippen LogP contribution in [0.3, 0.4) is 0 Å². The van der Waals surface area contributed by atoms with E-state index in [0.717, 1.165) is 16.7 Å². The molecule has 0 bridgehead atoms. The zero-order valence-corrected chi connectivity index (χ0v) is 12.1. The van der Waals surface area contributed by atoms with Crippen molar-refractivity contribution in [3.05, 3.63) is 82.9 Å². The predicted molar refractivity (Wildman–Crippen MR) is 86.6 cm³/mol. The van der Waals surface area contributed by atoms with Gasteiger partial charge in [0, 0.05) is 5.02 Å². The fraction of sp³-hybridized carbons (Fsp3) is 0.111. The van der Waals surface area contributed by atoms with Crippen LogP contribution in [0.25, 0.3) is 11.6 Å². The summed E-state index contributed by atoms with van der Waals surface area (Å²) in [5.74, 6) is 0. The van der Waals surface area contributed by atoms with Crippen molar-refractivity contribution >= 4 is 23.3 Å². The second kappa shape index (κ2) is 6.56. The normalized spacial score (nSPS) is 13.1. The van der Waals surface area contributed by atoms with Gasteiger partial charge in [-0.15, -0.1) is 0 Å². The molecule has 0 saturated heterocycles. The van der Waals surface area contributed by atoms with E-state index >= 15 is 0 Å². The molecule has 0 amide bonds. The summed E-state index contributed by atoms with van der Waals surface area (Å²) in [4.78, 5) is 0. The summed E-state index contributed by atoms with van der Waals surface area (Å²) in [7, 11) is 0. The van der Waals surface area contributed by atoms with Crippen LogP contribution in [0.4, 0.5) is 0 Å². The lowest BCUT2D eigenvalue weighted by Crippen LogP contribution is -2.10. The van der Waals surface area contributed by atoms with Gasteiger partial charge in [0.15, 0.2) is 0 Å². The quantitative estimate of drug-likeness (QED) is 0.630. The minimum atomic E-state index is -0.687. The van der Waals surface area contributed by atoms with Gasteiger partial charge in [-0.25, -0.2) is 0 Å². The first-order valence-corrected chi connectivity index (χ1v) is 6.82. The third-order valence-electron chi connectivity index (χ3n) is 3.06. The number of benzene rings is 2. The topological polar surface area (TPSA) is 20.2 Å². The molecule has 2 rings (SSSR count). The van der Waals surface area contributed by atoms with Crippen LogP contribution < -0.4 is 0 Å². The number of aliphatic hydroxyl groups is 1. The molecule has 1 nitrogen and oxygen atoms in total. The minimum absolute atomic E-state index is 0.687. The van der Waals surface area contributed by atoms with E-state index in [-0.39, 0.29) is 0 Å². The fourth-order valence-corrected chi connectivity index (χ4v) is 2.08. The highest BCUT2D eigenvalue weighted by Gasteiger charge is 2.13. The number of rotatable bonds is 4. The highest BCUT2D eigenvalue weighted by atomic mass is 35.5. The minimum Gasteiger partial charge on any atom is -0.384 e. The maximum Gasteiger partial charge on any atom is 0.100 e. The van der Waals surface area contributed by atoms with E-state index in [4.69, 9.17) is 11.6 Å². The summed E-state index contributed by atoms with van der Waals surface area (Å²) >= 11 is 5.89. The first-order chi connectivity index (χ1) is 9.58. The van der Waals surface area contributed by atoms with Crippen LogP contribution in [0.15, 0.2) is 66.7 Å². The Labute approximate surface area is 124 Å². The second-order valence-electron chi connectivity index (χ2n) is 4.77. The van der Waals surface area contributed by atoms with Crippen molar-refractivity contribution in [2.75, 3.05) is 0 Å². The molecule has 20 heavy (non-hydrogen) atoms. The van der Waals surface area contributed by atoms with Crippen LogP contribution in [-0.4, -0.2) is 11.2 Å². The van der Waals surface area contributed by atoms with Crippen molar-refractivity contribution in [1.29, 1.82) is 0 Å². The standard InChI is InChI=1S/C18H17ClO/c1-13(2)18(20)17(15-6-4-3-5-7-15)12-14-8-10-16(19)11-9-14/h3-12,18,20H,1H2,2H3. The zero-order valence-electron chi connectivity index (χ0n) is 11.4. The molecular weight excluding hydrogens is 268 g/mol. The van der Waals surface area contributed by atoms with Crippen LogP contribution in [0.5, 0.6) is 0 Å². The molecule has 1 atom stereocenters. The molecule has 2 aromatic carbocycles. The number of aliphatic hydroxyl groups excluding tert-OH is 1. The maximum absolute atomic E-state index is 10.4. The Morgan fingerprint density at radius 1 is 1.10 bits per heavy atom. The molecule has 1 N–H and O–H groups in total. The summed E-state index contributed by atoms with van der Waals surface area (Å²) in [5, 5.41) is 11.1. The average molecular weight is 285 g/mol. The third kappa shape index (κ3) is 3.60. The molecule has 102 valence electrons. The lowest BCUT2D eigenvalue weighted by Gasteiger charge is -2.16. The highest BCUT2D eigenvalue weighted by molar-refractivity contribution is 6.30. The average Bonchev–Trinajstić information content (AvgIpc) is 2.47. The predicted octanol–water partition coefficient (Wildman–Crippen LogP) is 4.82. The van der Waals surface area contributed by atoms with Gasteiger partial charge in [-0.3, -0.25) is 0 Å². The molecule has 0 aliphatic heterocycles. The Balaban J connectivity index is 2.46. The van der Waals surface area contributed by atoms with Gasteiger partial charge in [-0.1, -0.05) is 60.6 Å². The zero-order chi connectivity index (χ0) is 14.5. The van der Waals surface area contributed by atoms with Gasteiger partial charge >= 0.3 is 0 Å².